The molecule has 0 amide bonds. The summed E-state index contributed by atoms with van der Waals surface area (Å²) in [4.78, 5) is 12.3. The van der Waals surface area contributed by atoms with Crippen LogP contribution in [0.5, 0.6) is 5.88 Å². The highest BCUT2D eigenvalue weighted by atomic mass is 32.1. The van der Waals surface area contributed by atoms with Crippen LogP contribution in [0.25, 0.3) is 5.57 Å². The number of likely N-dealkylation sites (N-methyl/N-ethyl adjacent to an activating group) is 1. The predicted molar refractivity (Wildman–Crippen MR) is 127 cm³/mol. The molecule has 0 radical (unpaired) electrons. The van der Waals surface area contributed by atoms with Gasteiger partial charge in [-0.05, 0) is 12.8 Å². The van der Waals surface area contributed by atoms with Crippen LogP contribution in [0, 0.1) is 0 Å². The van der Waals surface area contributed by atoms with Crippen LogP contribution in [0.4, 0.5) is 0 Å². The van der Waals surface area contributed by atoms with E-state index >= 15 is 0 Å². The van der Waals surface area contributed by atoms with Gasteiger partial charge in [-0.15, -0.1) is 4.37 Å². The van der Waals surface area contributed by atoms with Crippen molar-refractivity contribution in [3.63, 3.8) is 0 Å². The topological polar surface area (TPSA) is 61.3 Å². The fraction of sp³-hybridized carbons (Fsp3) is 0.792. The largest absolute Gasteiger partial charge is 0.475 e. The highest BCUT2D eigenvalue weighted by Crippen LogP contribution is 2.31. The average molecular weight is 453 g/mol. The van der Waals surface area contributed by atoms with Gasteiger partial charge in [0.2, 0.25) is 6.23 Å². The van der Waals surface area contributed by atoms with Gasteiger partial charge in [0.05, 0.1) is 31.9 Å². The minimum Gasteiger partial charge on any atom is -0.475 e. The van der Waals surface area contributed by atoms with Crippen LogP contribution in [0.1, 0.15) is 97.1 Å². The smallest absolute Gasteiger partial charge is 0.310 e. The van der Waals surface area contributed by atoms with E-state index < -0.39 is 0 Å². The molecule has 0 aromatic carbocycles. The summed E-state index contributed by atoms with van der Waals surface area (Å²) in [6, 6.07) is 0. The van der Waals surface area contributed by atoms with E-state index in [1.807, 2.05) is 6.92 Å². The van der Waals surface area contributed by atoms with Crippen molar-refractivity contribution in [3.8, 4) is 5.88 Å². The summed E-state index contributed by atoms with van der Waals surface area (Å²) in [5.74, 6) is 0.573. The number of ether oxygens (including phenoxy) is 2. The van der Waals surface area contributed by atoms with Gasteiger partial charge in [0.1, 0.15) is 12.2 Å². The van der Waals surface area contributed by atoms with Gasteiger partial charge in [-0.2, -0.15) is 4.37 Å². The van der Waals surface area contributed by atoms with Crippen molar-refractivity contribution in [1.29, 1.82) is 0 Å². The number of aromatic nitrogens is 2. The minimum absolute atomic E-state index is 0.0779. The molecule has 1 unspecified atom stereocenters. The molecule has 2 heterocycles. The molecule has 0 spiro atoms. The Labute approximate surface area is 192 Å². The highest BCUT2D eigenvalue weighted by molar-refractivity contribution is 6.99. The first-order chi connectivity index (χ1) is 15.0. The van der Waals surface area contributed by atoms with Gasteiger partial charge in [-0.1, -0.05) is 64.9 Å². The Balaban J connectivity index is 1.87. The second-order valence-corrected chi connectivity index (χ2v) is 9.49. The molecule has 0 fully saturated rings. The van der Waals surface area contributed by atoms with Crippen molar-refractivity contribution in [2.45, 2.75) is 97.6 Å². The summed E-state index contributed by atoms with van der Waals surface area (Å²) in [6.07, 6.45) is 13.9. The van der Waals surface area contributed by atoms with Crippen molar-refractivity contribution in [2.75, 3.05) is 26.7 Å². The number of hydrogen-bond acceptors (Lipinski definition) is 6. The Bertz CT molecular complexity index is 691. The number of carbonyl (C=O) groups excluding carboxylic acids is 1. The number of carbonyl (C=O) groups is 1. The number of hydrogen-bond donors (Lipinski definition) is 0. The molecule has 7 heteroatoms. The Morgan fingerprint density at radius 3 is 2.55 bits per heavy atom. The quantitative estimate of drug-likeness (QED) is 0.186. The van der Waals surface area contributed by atoms with E-state index in [0.717, 1.165) is 50.0 Å². The summed E-state index contributed by atoms with van der Waals surface area (Å²) < 4.78 is 21.4. The number of rotatable bonds is 15. The molecule has 0 bridgehead atoms. The first kappa shape index (κ1) is 25.8. The number of unbranched alkanes of at least 4 members (excludes halogenated alkanes) is 7. The molecule has 1 aliphatic heterocycles. The zero-order valence-electron chi connectivity index (χ0n) is 20.0. The van der Waals surface area contributed by atoms with Crippen molar-refractivity contribution in [1.82, 2.24) is 8.75 Å². The zero-order chi connectivity index (χ0) is 22.5. The first-order valence-electron chi connectivity index (χ1n) is 12.2. The van der Waals surface area contributed by atoms with Crippen LogP contribution in [0.2, 0.25) is 0 Å². The molecule has 2 rings (SSSR count). The third-order valence-electron chi connectivity index (χ3n) is 6.23. The molecule has 2 atom stereocenters. The predicted octanol–water partition coefficient (Wildman–Crippen LogP) is 5.98. The minimum atomic E-state index is -0.183. The fourth-order valence-electron chi connectivity index (χ4n) is 3.97. The van der Waals surface area contributed by atoms with E-state index in [1.165, 1.54) is 50.3 Å². The molecule has 1 aromatic heterocycles. The van der Waals surface area contributed by atoms with Gasteiger partial charge in [0, 0.05) is 25.3 Å². The molecular weight excluding hydrogens is 410 g/mol. The van der Waals surface area contributed by atoms with Crippen molar-refractivity contribution in [2.24, 2.45) is 0 Å². The van der Waals surface area contributed by atoms with Crippen LogP contribution in [-0.4, -0.2) is 52.2 Å². The molecule has 0 aliphatic carbocycles. The molecule has 0 N–H and O–H groups in total. The van der Waals surface area contributed by atoms with E-state index in [2.05, 4.69) is 35.7 Å². The van der Waals surface area contributed by atoms with Crippen LogP contribution >= 0.6 is 11.7 Å². The molecule has 6 nitrogen and oxygen atoms in total. The summed E-state index contributed by atoms with van der Waals surface area (Å²) in [7, 11) is 2.16. The monoisotopic (exact) mass is 452 g/mol. The molecular formula is C24H42N3O3S+. The van der Waals surface area contributed by atoms with Crippen molar-refractivity contribution in [3.05, 3.63) is 11.8 Å². The average Bonchev–Trinajstić information content (AvgIpc) is 3.22. The Morgan fingerprint density at radius 1 is 1.10 bits per heavy atom. The summed E-state index contributed by atoms with van der Waals surface area (Å²) >= 11 is 1.20. The van der Waals surface area contributed by atoms with Crippen LogP contribution in [0.3, 0.4) is 0 Å². The van der Waals surface area contributed by atoms with E-state index in [0.29, 0.717) is 23.4 Å². The summed E-state index contributed by atoms with van der Waals surface area (Å²) in [5, 5.41) is 0. The molecule has 31 heavy (non-hydrogen) atoms. The first-order valence-corrected chi connectivity index (χ1v) is 12.9. The standard InChI is InChI=1S/C24H42N3O3S/c1-5-7-9-11-12-16-22(28)30-20(3)27(4)17-14-15-21(19-27)23-24(26-31-25-23)29-18-13-10-8-6-2/h15,20H,5-14,16-19H2,1-4H3/q+1/t20-,27?/m0/s1. The van der Waals surface area contributed by atoms with E-state index in [1.54, 1.807) is 0 Å². The number of quaternary nitrogens is 1. The normalized spacial score (nSPS) is 19.7. The fourth-order valence-corrected chi connectivity index (χ4v) is 4.50. The van der Waals surface area contributed by atoms with Gasteiger partial charge >= 0.3 is 5.97 Å². The molecule has 176 valence electrons. The van der Waals surface area contributed by atoms with Gasteiger partial charge in [-0.3, -0.25) is 9.28 Å². The van der Waals surface area contributed by atoms with Crippen LogP contribution in [-0.2, 0) is 9.53 Å². The maximum Gasteiger partial charge on any atom is 0.310 e. The van der Waals surface area contributed by atoms with E-state index in [9.17, 15) is 4.79 Å². The SMILES string of the molecule is CCCCCCCC(=O)O[C@@H](C)[N+]1(C)CCC=C(c2nsnc2OCCCCCC)C1. The van der Waals surface area contributed by atoms with Crippen molar-refractivity contribution >= 4 is 23.3 Å². The maximum absolute atomic E-state index is 12.3. The Kier molecular flexibility index (Phi) is 11.5. The lowest BCUT2D eigenvalue weighted by Crippen LogP contribution is -2.55. The Morgan fingerprint density at radius 2 is 1.81 bits per heavy atom. The van der Waals surface area contributed by atoms with Gasteiger partial charge < -0.3 is 9.47 Å². The lowest BCUT2D eigenvalue weighted by atomic mass is 10.0. The molecule has 0 saturated carbocycles. The van der Waals surface area contributed by atoms with Crippen LogP contribution < -0.4 is 4.74 Å². The Hall–Kier alpha value is -1.47. The van der Waals surface area contributed by atoms with Crippen molar-refractivity contribution < 1.29 is 18.8 Å². The zero-order valence-corrected chi connectivity index (χ0v) is 20.8. The summed E-state index contributed by atoms with van der Waals surface area (Å²) in [6.45, 7) is 8.82. The van der Waals surface area contributed by atoms with Gasteiger partial charge in [0.25, 0.3) is 5.88 Å². The lowest BCUT2D eigenvalue weighted by molar-refractivity contribution is -0.944. The number of esters is 1. The van der Waals surface area contributed by atoms with E-state index in [4.69, 9.17) is 9.47 Å². The third-order valence-corrected chi connectivity index (χ3v) is 6.74. The third kappa shape index (κ3) is 8.53. The number of nitrogens with zero attached hydrogens (tertiary/aromatic N) is 3. The second kappa shape index (κ2) is 13.8. The molecule has 1 aromatic rings. The molecule has 0 saturated heterocycles. The van der Waals surface area contributed by atoms with Gasteiger partial charge in [0.15, 0.2) is 0 Å². The lowest BCUT2D eigenvalue weighted by Gasteiger charge is -2.41. The molecule has 1 aliphatic rings. The van der Waals surface area contributed by atoms with Gasteiger partial charge in [-0.25, -0.2) is 0 Å². The maximum atomic E-state index is 12.3. The highest BCUT2D eigenvalue weighted by Gasteiger charge is 2.36. The summed E-state index contributed by atoms with van der Waals surface area (Å²) in [5.41, 5.74) is 2.01. The van der Waals surface area contributed by atoms with Crippen LogP contribution in [0.15, 0.2) is 6.08 Å². The second-order valence-electron chi connectivity index (χ2n) is 8.96. The van der Waals surface area contributed by atoms with E-state index in [-0.39, 0.29) is 12.2 Å².